The SMILES string of the molecule is CCOc1c(Cl)cc(/C=N/Nc2nnc(-c3ccccc3)c(=O)[nH]2)cc1OC. The largest absolute Gasteiger partial charge is 0.493 e. The number of halogens is 1. The van der Waals surface area contributed by atoms with Gasteiger partial charge in [-0.05, 0) is 24.6 Å². The van der Waals surface area contributed by atoms with Gasteiger partial charge in [0, 0.05) is 5.56 Å². The maximum absolute atomic E-state index is 12.2. The van der Waals surface area contributed by atoms with Crippen LogP contribution in [-0.2, 0) is 0 Å². The highest BCUT2D eigenvalue weighted by molar-refractivity contribution is 6.32. The summed E-state index contributed by atoms with van der Waals surface area (Å²) < 4.78 is 10.8. The molecular weight excluding hydrogens is 382 g/mol. The van der Waals surface area contributed by atoms with Crippen molar-refractivity contribution in [2.24, 2.45) is 5.10 Å². The Morgan fingerprint density at radius 2 is 2.04 bits per heavy atom. The number of benzene rings is 2. The van der Waals surface area contributed by atoms with Crippen molar-refractivity contribution in [3.8, 4) is 22.8 Å². The van der Waals surface area contributed by atoms with Crippen LogP contribution >= 0.6 is 11.6 Å². The standard InChI is InChI=1S/C19H18ClN5O3/c1-3-28-17-14(20)9-12(10-15(17)27-2)11-21-24-19-22-18(26)16(23-25-19)13-7-5-4-6-8-13/h4-11H,3H2,1-2H3,(H2,22,24,25,26)/b21-11+. The summed E-state index contributed by atoms with van der Waals surface area (Å²) in [6, 6.07) is 12.5. The van der Waals surface area contributed by atoms with Gasteiger partial charge >= 0.3 is 0 Å². The summed E-state index contributed by atoms with van der Waals surface area (Å²) >= 11 is 6.23. The Labute approximate surface area is 166 Å². The van der Waals surface area contributed by atoms with E-state index in [1.54, 1.807) is 24.3 Å². The van der Waals surface area contributed by atoms with E-state index >= 15 is 0 Å². The number of methoxy groups -OCH3 is 1. The summed E-state index contributed by atoms with van der Waals surface area (Å²) in [7, 11) is 1.53. The molecule has 1 aromatic heterocycles. The highest BCUT2D eigenvalue weighted by Gasteiger charge is 2.11. The molecule has 0 atom stereocenters. The van der Waals surface area contributed by atoms with Crippen LogP contribution in [-0.4, -0.2) is 35.1 Å². The molecule has 0 amide bonds. The molecule has 1 heterocycles. The van der Waals surface area contributed by atoms with Crippen LogP contribution in [0.15, 0.2) is 52.4 Å². The average Bonchev–Trinajstić information content (AvgIpc) is 2.70. The number of nitrogens with zero attached hydrogens (tertiary/aromatic N) is 3. The number of hydrogen-bond acceptors (Lipinski definition) is 7. The van der Waals surface area contributed by atoms with E-state index in [0.717, 1.165) is 0 Å². The van der Waals surface area contributed by atoms with Crippen molar-refractivity contribution in [1.82, 2.24) is 15.2 Å². The summed E-state index contributed by atoms with van der Waals surface area (Å²) in [5.74, 6) is 1.09. The number of aromatic nitrogens is 3. The van der Waals surface area contributed by atoms with Gasteiger partial charge in [-0.3, -0.25) is 9.78 Å². The molecule has 0 fully saturated rings. The molecule has 0 radical (unpaired) electrons. The van der Waals surface area contributed by atoms with Crippen LogP contribution in [0.1, 0.15) is 12.5 Å². The maximum Gasteiger partial charge on any atom is 0.279 e. The lowest BCUT2D eigenvalue weighted by atomic mass is 10.2. The van der Waals surface area contributed by atoms with E-state index in [0.29, 0.717) is 34.3 Å². The molecule has 28 heavy (non-hydrogen) atoms. The first-order valence-electron chi connectivity index (χ1n) is 8.44. The molecule has 2 N–H and O–H groups in total. The van der Waals surface area contributed by atoms with Gasteiger partial charge in [0.05, 0.1) is 25.0 Å². The number of H-pyrrole nitrogens is 1. The van der Waals surface area contributed by atoms with Crippen molar-refractivity contribution in [3.63, 3.8) is 0 Å². The summed E-state index contributed by atoms with van der Waals surface area (Å²) in [6.07, 6.45) is 1.51. The Balaban J connectivity index is 1.75. The van der Waals surface area contributed by atoms with Crippen LogP contribution < -0.4 is 20.5 Å². The molecule has 0 aliphatic rings. The van der Waals surface area contributed by atoms with Gasteiger partial charge in [-0.25, -0.2) is 5.43 Å². The van der Waals surface area contributed by atoms with Crippen molar-refractivity contribution >= 4 is 23.8 Å². The Morgan fingerprint density at radius 1 is 1.25 bits per heavy atom. The molecular formula is C19H18ClN5O3. The van der Waals surface area contributed by atoms with Gasteiger partial charge in [0.25, 0.3) is 5.56 Å². The number of anilines is 1. The third kappa shape index (κ3) is 4.47. The first-order chi connectivity index (χ1) is 13.6. The fourth-order valence-corrected chi connectivity index (χ4v) is 2.71. The highest BCUT2D eigenvalue weighted by Crippen LogP contribution is 2.35. The lowest BCUT2D eigenvalue weighted by Gasteiger charge is -2.11. The molecule has 0 spiro atoms. The van der Waals surface area contributed by atoms with E-state index < -0.39 is 0 Å². The minimum atomic E-state index is -0.371. The number of aromatic amines is 1. The minimum Gasteiger partial charge on any atom is -0.493 e. The van der Waals surface area contributed by atoms with Crippen molar-refractivity contribution in [1.29, 1.82) is 0 Å². The lowest BCUT2D eigenvalue weighted by Crippen LogP contribution is -2.15. The number of hydrogen-bond donors (Lipinski definition) is 2. The second-order valence-electron chi connectivity index (χ2n) is 5.55. The van der Waals surface area contributed by atoms with Crippen LogP contribution in [0.25, 0.3) is 11.3 Å². The molecule has 8 nitrogen and oxygen atoms in total. The molecule has 0 aliphatic heterocycles. The third-order valence-electron chi connectivity index (χ3n) is 3.67. The topological polar surface area (TPSA) is 101 Å². The molecule has 0 bridgehead atoms. The summed E-state index contributed by atoms with van der Waals surface area (Å²) in [6.45, 7) is 2.33. The van der Waals surface area contributed by atoms with E-state index in [4.69, 9.17) is 21.1 Å². The summed E-state index contributed by atoms with van der Waals surface area (Å²) in [5.41, 5.74) is 3.86. The van der Waals surface area contributed by atoms with Crippen molar-refractivity contribution in [2.75, 3.05) is 19.1 Å². The Bertz CT molecular complexity index is 1040. The first-order valence-corrected chi connectivity index (χ1v) is 8.82. The zero-order valence-corrected chi connectivity index (χ0v) is 16.0. The second kappa shape index (κ2) is 9.01. The van der Waals surface area contributed by atoms with Crippen LogP contribution in [0, 0.1) is 0 Å². The van der Waals surface area contributed by atoms with Crippen molar-refractivity contribution in [3.05, 3.63) is 63.4 Å². The molecule has 0 unspecified atom stereocenters. The molecule has 0 aliphatic carbocycles. The number of nitrogens with one attached hydrogen (secondary N) is 2. The Morgan fingerprint density at radius 3 is 2.71 bits per heavy atom. The van der Waals surface area contributed by atoms with Crippen LogP contribution in [0.2, 0.25) is 5.02 Å². The van der Waals surface area contributed by atoms with Gasteiger partial charge in [0.15, 0.2) is 17.2 Å². The second-order valence-corrected chi connectivity index (χ2v) is 5.96. The molecule has 144 valence electrons. The highest BCUT2D eigenvalue weighted by atomic mass is 35.5. The van der Waals surface area contributed by atoms with Gasteiger partial charge in [-0.1, -0.05) is 41.9 Å². The number of ether oxygens (including phenoxy) is 2. The summed E-state index contributed by atoms with van der Waals surface area (Å²) in [4.78, 5) is 14.8. The fourth-order valence-electron chi connectivity index (χ4n) is 2.44. The zero-order chi connectivity index (χ0) is 19.9. The number of hydrazone groups is 1. The van der Waals surface area contributed by atoms with E-state index in [1.165, 1.54) is 13.3 Å². The average molecular weight is 400 g/mol. The molecule has 3 rings (SSSR count). The van der Waals surface area contributed by atoms with Crippen LogP contribution in [0.3, 0.4) is 0 Å². The predicted molar refractivity (Wildman–Crippen MR) is 108 cm³/mol. The fraction of sp³-hybridized carbons (Fsp3) is 0.158. The molecule has 3 aromatic rings. The smallest absolute Gasteiger partial charge is 0.279 e. The van der Waals surface area contributed by atoms with Crippen molar-refractivity contribution in [2.45, 2.75) is 6.92 Å². The molecule has 2 aromatic carbocycles. The minimum absolute atomic E-state index is 0.116. The van der Waals surface area contributed by atoms with Crippen molar-refractivity contribution < 1.29 is 9.47 Å². The zero-order valence-electron chi connectivity index (χ0n) is 15.3. The van der Waals surface area contributed by atoms with E-state index in [1.807, 2.05) is 25.1 Å². The monoisotopic (exact) mass is 399 g/mol. The first kappa shape index (κ1) is 19.4. The molecule has 0 saturated heterocycles. The molecule has 9 heteroatoms. The normalized spacial score (nSPS) is 10.8. The van der Waals surface area contributed by atoms with E-state index in [9.17, 15) is 4.79 Å². The van der Waals surface area contributed by atoms with Gasteiger partial charge in [0.1, 0.15) is 0 Å². The van der Waals surface area contributed by atoms with Crippen LogP contribution in [0.4, 0.5) is 5.95 Å². The number of rotatable bonds is 7. The Hall–Kier alpha value is -3.39. The maximum atomic E-state index is 12.2. The van der Waals surface area contributed by atoms with Gasteiger partial charge in [-0.2, -0.15) is 5.10 Å². The quantitative estimate of drug-likeness (QED) is 0.466. The lowest BCUT2D eigenvalue weighted by molar-refractivity contribution is 0.311. The molecule has 0 saturated carbocycles. The van der Waals surface area contributed by atoms with Gasteiger partial charge in [-0.15, -0.1) is 10.2 Å². The summed E-state index contributed by atoms with van der Waals surface area (Å²) in [5, 5.41) is 12.3. The van der Waals surface area contributed by atoms with E-state index in [2.05, 4.69) is 25.7 Å². The van der Waals surface area contributed by atoms with Gasteiger partial charge in [0.2, 0.25) is 5.95 Å². The van der Waals surface area contributed by atoms with Crippen LogP contribution in [0.5, 0.6) is 11.5 Å². The third-order valence-corrected chi connectivity index (χ3v) is 3.95. The van der Waals surface area contributed by atoms with Gasteiger partial charge < -0.3 is 9.47 Å². The predicted octanol–water partition coefficient (Wildman–Crippen LogP) is 3.34. The van der Waals surface area contributed by atoms with E-state index in [-0.39, 0.29) is 17.2 Å². The Kier molecular flexibility index (Phi) is 6.23.